The first kappa shape index (κ1) is 20.4. The topological polar surface area (TPSA) is 96.4 Å². The largest absolute Gasteiger partial charge is 0.524 e. The average molecular weight is 403 g/mol. The summed E-state index contributed by atoms with van der Waals surface area (Å²) in [6.45, 7) is -2.69. The maximum atomic E-state index is 13.1. The molecular formula is C23H26BN3O3. The zero-order valence-electron chi connectivity index (χ0n) is 17.2. The number of hydrogen-bond donors (Lipinski definition) is 3. The van der Waals surface area contributed by atoms with Gasteiger partial charge in [0.2, 0.25) is 0 Å². The Morgan fingerprint density at radius 1 is 1.13 bits per heavy atom. The second-order valence-electron chi connectivity index (χ2n) is 8.56. The molecule has 0 spiro atoms. The van der Waals surface area contributed by atoms with Gasteiger partial charge in [-0.3, -0.25) is 9.78 Å². The van der Waals surface area contributed by atoms with Crippen molar-refractivity contribution in [3.63, 3.8) is 0 Å². The van der Waals surface area contributed by atoms with Crippen LogP contribution < -0.4 is 11.2 Å². The molecule has 4 N–H and O–H groups in total. The number of nitrogens with two attached hydrogens (primary N) is 1. The number of nitrogens with zero attached hydrogens (tertiary/aromatic N) is 2. The van der Waals surface area contributed by atoms with Crippen molar-refractivity contribution in [3.05, 3.63) is 77.7 Å². The number of quaternary nitrogens is 1. The van der Waals surface area contributed by atoms with Crippen molar-refractivity contribution in [2.24, 2.45) is 5.73 Å². The summed E-state index contributed by atoms with van der Waals surface area (Å²) >= 11 is 0. The Hall–Kier alpha value is -2.84. The molecule has 0 saturated carbocycles. The SMILES string of the molecule is C[N+]1(C)C=Cc2ccc(C(CN)C(=O)Cc3ccc4cnccc4c3)cc2[B-]1(O)O. The van der Waals surface area contributed by atoms with Gasteiger partial charge in [-0.25, -0.2) is 0 Å². The van der Waals surface area contributed by atoms with Crippen molar-refractivity contribution in [1.29, 1.82) is 0 Å². The Balaban J connectivity index is 1.64. The van der Waals surface area contributed by atoms with Crippen molar-refractivity contribution < 1.29 is 19.2 Å². The fourth-order valence-corrected chi connectivity index (χ4v) is 4.07. The molecule has 1 unspecified atom stereocenters. The van der Waals surface area contributed by atoms with Gasteiger partial charge in [0.25, 0.3) is 0 Å². The fourth-order valence-electron chi connectivity index (χ4n) is 4.07. The maximum Gasteiger partial charge on any atom is 0.502 e. The number of pyridine rings is 1. The van der Waals surface area contributed by atoms with E-state index in [4.69, 9.17) is 5.73 Å². The van der Waals surface area contributed by atoms with Gasteiger partial charge in [0.15, 0.2) is 0 Å². The zero-order chi connectivity index (χ0) is 21.5. The van der Waals surface area contributed by atoms with Crippen molar-refractivity contribution in [2.45, 2.75) is 12.3 Å². The van der Waals surface area contributed by atoms with E-state index in [-0.39, 0.29) is 23.1 Å². The van der Waals surface area contributed by atoms with Crippen LogP contribution in [0.1, 0.15) is 22.6 Å². The van der Waals surface area contributed by atoms with Crippen LogP contribution in [0.15, 0.2) is 61.1 Å². The van der Waals surface area contributed by atoms with Crippen LogP contribution in [0.25, 0.3) is 16.8 Å². The summed E-state index contributed by atoms with van der Waals surface area (Å²) in [5.41, 5.74) is 8.78. The molecule has 7 heteroatoms. The number of aromatic nitrogens is 1. The van der Waals surface area contributed by atoms with E-state index >= 15 is 0 Å². The first-order chi connectivity index (χ1) is 14.2. The van der Waals surface area contributed by atoms with E-state index in [0.29, 0.717) is 11.0 Å². The molecule has 4 rings (SSSR count). The van der Waals surface area contributed by atoms with Crippen molar-refractivity contribution in [3.8, 4) is 0 Å². The van der Waals surface area contributed by atoms with Crippen LogP contribution in [0.4, 0.5) is 0 Å². The maximum absolute atomic E-state index is 13.1. The summed E-state index contributed by atoms with van der Waals surface area (Å²) < 4.78 is -0.0658. The number of Topliss-reactive ketones (excluding diaryl/α,β-unsaturated/α-hetero) is 1. The third-order valence-electron chi connectivity index (χ3n) is 6.20. The van der Waals surface area contributed by atoms with Gasteiger partial charge in [0.1, 0.15) is 5.78 Å². The van der Waals surface area contributed by atoms with E-state index in [9.17, 15) is 14.8 Å². The van der Waals surface area contributed by atoms with Gasteiger partial charge in [0.05, 0.1) is 12.1 Å². The Morgan fingerprint density at radius 3 is 2.70 bits per heavy atom. The van der Waals surface area contributed by atoms with Gasteiger partial charge in [-0.15, -0.1) is 0 Å². The number of hydrogen-bond acceptors (Lipinski definition) is 5. The van der Waals surface area contributed by atoms with Crippen LogP contribution in [0.5, 0.6) is 0 Å². The van der Waals surface area contributed by atoms with Gasteiger partial charge in [0, 0.05) is 44.8 Å². The molecule has 0 saturated heterocycles. The second kappa shape index (κ2) is 7.45. The Labute approximate surface area is 175 Å². The lowest BCUT2D eigenvalue weighted by Crippen LogP contribution is -2.71. The minimum atomic E-state index is -2.85. The smallest absolute Gasteiger partial charge is 0.502 e. The molecule has 0 amide bonds. The van der Waals surface area contributed by atoms with E-state index in [1.54, 1.807) is 38.8 Å². The standard InChI is InChI=1S/C23H26BN3O3/c1-27(2)10-8-17-5-6-19(13-22(17)24(27,29)30)21(14-25)23(28)12-16-3-4-20-15-26-9-7-18(20)11-16/h3-11,13,15,21,29-30H,12,14,25H2,1-2H3. The highest BCUT2D eigenvalue weighted by atomic mass is 16.4. The van der Waals surface area contributed by atoms with Gasteiger partial charge < -0.3 is 20.2 Å². The van der Waals surface area contributed by atoms with Gasteiger partial charge in [-0.05, 0) is 34.2 Å². The highest BCUT2D eigenvalue weighted by Gasteiger charge is 2.44. The lowest BCUT2D eigenvalue weighted by atomic mass is 9.57. The summed E-state index contributed by atoms with van der Waals surface area (Å²) in [6, 6.07) is 13.2. The molecule has 0 fully saturated rings. The van der Waals surface area contributed by atoms with Crippen molar-refractivity contribution >= 4 is 34.8 Å². The highest BCUT2D eigenvalue weighted by Crippen LogP contribution is 2.25. The Bertz CT molecular complexity index is 1160. The lowest BCUT2D eigenvalue weighted by Gasteiger charge is -2.48. The quantitative estimate of drug-likeness (QED) is 0.558. The van der Waals surface area contributed by atoms with Crippen LogP contribution in [-0.4, -0.2) is 52.5 Å². The van der Waals surface area contributed by atoms with Crippen LogP contribution in [0, 0.1) is 0 Å². The molecule has 1 aromatic heterocycles. The summed E-state index contributed by atoms with van der Waals surface area (Å²) in [4.78, 5) is 17.2. The van der Waals surface area contributed by atoms with Crippen LogP contribution >= 0.6 is 0 Å². The first-order valence-electron chi connectivity index (χ1n) is 10.0. The minimum Gasteiger partial charge on any atom is -0.524 e. The van der Waals surface area contributed by atoms with Gasteiger partial charge in [-0.1, -0.05) is 41.9 Å². The summed E-state index contributed by atoms with van der Waals surface area (Å²) in [5, 5.41) is 23.7. The molecule has 1 atom stereocenters. The predicted molar refractivity (Wildman–Crippen MR) is 120 cm³/mol. The first-order valence-corrected chi connectivity index (χ1v) is 10.0. The second-order valence-corrected chi connectivity index (χ2v) is 8.56. The number of fused-ring (bicyclic) bond motifs is 2. The molecule has 0 radical (unpaired) electrons. The van der Waals surface area contributed by atoms with Gasteiger partial charge in [-0.2, -0.15) is 0 Å². The van der Waals surface area contributed by atoms with Crippen LogP contribution in [0.3, 0.4) is 0 Å². The van der Waals surface area contributed by atoms with E-state index in [1.807, 2.05) is 42.5 Å². The van der Waals surface area contributed by atoms with E-state index in [2.05, 4.69) is 4.98 Å². The number of carbonyl (C=O) groups excluding carboxylic acids is 1. The molecule has 1 aliphatic rings. The molecule has 6 nitrogen and oxygen atoms in total. The molecule has 154 valence electrons. The van der Waals surface area contributed by atoms with E-state index in [0.717, 1.165) is 21.9 Å². The fraction of sp³-hybridized carbons (Fsp3) is 0.217. The van der Waals surface area contributed by atoms with E-state index < -0.39 is 12.6 Å². The van der Waals surface area contributed by atoms with Crippen LogP contribution in [-0.2, 0) is 11.2 Å². The minimum absolute atomic E-state index is 0.0000581. The third kappa shape index (κ3) is 3.46. The molecule has 2 heterocycles. The number of rotatable bonds is 5. The van der Waals surface area contributed by atoms with Crippen LogP contribution in [0.2, 0.25) is 0 Å². The van der Waals surface area contributed by atoms with Crippen molar-refractivity contribution in [2.75, 3.05) is 20.6 Å². The Morgan fingerprint density at radius 2 is 1.93 bits per heavy atom. The third-order valence-corrected chi connectivity index (χ3v) is 6.20. The highest BCUT2D eigenvalue weighted by molar-refractivity contribution is 6.73. The average Bonchev–Trinajstić information content (AvgIpc) is 2.72. The predicted octanol–water partition coefficient (Wildman–Crippen LogP) is 1.28. The summed E-state index contributed by atoms with van der Waals surface area (Å²) in [6.07, 6.45) is 7.41. The molecule has 0 aliphatic carbocycles. The summed E-state index contributed by atoms with van der Waals surface area (Å²) in [5.74, 6) is -0.517. The monoisotopic (exact) mass is 403 g/mol. The molecular weight excluding hydrogens is 377 g/mol. The lowest BCUT2D eigenvalue weighted by molar-refractivity contribution is -0.750. The zero-order valence-corrected chi connectivity index (χ0v) is 17.2. The van der Waals surface area contributed by atoms with Gasteiger partial charge >= 0.3 is 6.69 Å². The number of ketones is 1. The molecule has 3 aromatic rings. The molecule has 0 bridgehead atoms. The van der Waals surface area contributed by atoms with Crippen molar-refractivity contribution in [1.82, 2.24) is 4.98 Å². The molecule has 1 aliphatic heterocycles. The molecule has 2 aromatic carbocycles. The number of carbonyl (C=O) groups is 1. The number of benzene rings is 2. The van der Waals surface area contributed by atoms with E-state index in [1.165, 1.54) is 0 Å². The normalized spacial score (nSPS) is 17.5. The Kier molecular flexibility index (Phi) is 5.07. The summed E-state index contributed by atoms with van der Waals surface area (Å²) in [7, 11) is 3.46. The molecule has 30 heavy (non-hydrogen) atoms.